The number of para-hydroxylation sites is 4. The van der Waals surface area contributed by atoms with E-state index in [0.29, 0.717) is 50.5 Å². The Labute approximate surface area is 222 Å². The molecule has 192 valence electrons. The summed E-state index contributed by atoms with van der Waals surface area (Å²) in [5, 5.41) is 3.46. The quantitative estimate of drug-likeness (QED) is 0.261. The Morgan fingerprint density at radius 3 is 2.41 bits per heavy atom. The molecule has 1 N–H and O–H groups in total. The molecule has 0 saturated heterocycles. The first kappa shape index (κ1) is 24.2. The van der Waals surface area contributed by atoms with E-state index in [9.17, 15) is 13.6 Å². The molecule has 0 saturated carbocycles. The summed E-state index contributed by atoms with van der Waals surface area (Å²) in [5.41, 5.74) is 4.38. The maximum atomic E-state index is 14.5. The van der Waals surface area contributed by atoms with Crippen LogP contribution in [-0.2, 0) is 11.3 Å². The van der Waals surface area contributed by atoms with Gasteiger partial charge in [0.1, 0.15) is 29.8 Å². The van der Waals surface area contributed by atoms with Crippen molar-refractivity contribution < 1.29 is 18.3 Å². The lowest BCUT2D eigenvalue weighted by atomic mass is 10.0. The first-order valence-corrected chi connectivity index (χ1v) is 12.2. The van der Waals surface area contributed by atoms with Crippen LogP contribution >= 0.6 is 0 Å². The number of amides is 1. The van der Waals surface area contributed by atoms with Gasteiger partial charge >= 0.3 is 0 Å². The van der Waals surface area contributed by atoms with Gasteiger partial charge in [-0.1, -0.05) is 24.3 Å². The number of nitrogens with one attached hydrogen (secondary N) is 1. The molecule has 0 aliphatic heterocycles. The first-order chi connectivity index (χ1) is 19.0. The Hall–Kier alpha value is -5.11. The van der Waals surface area contributed by atoms with Gasteiger partial charge in [-0.05, 0) is 72.8 Å². The van der Waals surface area contributed by atoms with Gasteiger partial charge in [-0.3, -0.25) is 4.79 Å². The molecule has 39 heavy (non-hydrogen) atoms. The van der Waals surface area contributed by atoms with Crippen molar-refractivity contribution in [1.29, 1.82) is 0 Å². The van der Waals surface area contributed by atoms with Gasteiger partial charge in [0.25, 0.3) is 0 Å². The molecule has 0 atom stereocenters. The Kier molecular flexibility index (Phi) is 6.20. The van der Waals surface area contributed by atoms with E-state index in [1.807, 2.05) is 36.4 Å². The fourth-order valence-electron chi connectivity index (χ4n) is 4.67. The summed E-state index contributed by atoms with van der Waals surface area (Å²) in [5.74, 6) is -0.0395. The topological polar surface area (TPSA) is 69.0 Å². The zero-order chi connectivity index (χ0) is 26.9. The highest BCUT2D eigenvalue weighted by Crippen LogP contribution is 2.34. The first-order valence-electron chi connectivity index (χ1n) is 12.2. The normalized spacial score (nSPS) is 11.2. The number of halogens is 2. The van der Waals surface area contributed by atoms with Crippen LogP contribution < -0.4 is 10.1 Å². The second-order valence-electron chi connectivity index (χ2n) is 8.98. The van der Waals surface area contributed by atoms with Gasteiger partial charge in [-0.2, -0.15) is 0 Å². The van der Waals surface area contributed by atoms with Gasteiger partial charge in [-0.25, -0.2) is 18.7 Å². The summed E-state index contributed by atoms with van der Waals surface area (Å²) in [6.07, 6.45) is 0. The van der Waals surface area contributed by atoms with Gasteiger partial charge in [0.2, 0.25) is 5.91 Å². The standard InChI is InChI=1S/C31H22F2N4O2/c1-39-29-9-5-3-7-26(29)35-30(38)18-37-28-8-4-2-6-25(28)36-31(37)23-17-27(19-10-12-20(32)13-11-19)34-24-15-14-21(33)16-22(23)24/h2-17H,18H2,1H3,(H,35,38). The highest BCUT2D eigenvalue weighted by Gasteiger charge is 2.20. The van der Waals surface area contributed by atoms with Crippen molar-refractivity contribution in [3.63, 3.8) is 0 Å². The molecule has 0 unspecified atom stereocenters. The fraction of sp³-hybridized carbons (Fsp3) is 0.0645. The smallest absolute Gasteiger partial charge is 0.244 e. The number of carbonyl (C=O) groups is 1. The van der Waals surface area contributed by atoms with E-state index in [0.717, 1.165) is 5.52 Å². The van der Waals surface area contributed by atoms with E-state index < -0.39 is 5.82 Å². The molecule has 0 fully saturated rings. The van der Waals surface area contributed by atoms with Crippen molar-refractivity contribution in [1.82, 2.24) is 14.5 Å². The number of fused-ring (bicyclic) bond motifs is 2. The average molecular weight is 521 g/mol. The lowest BCUT2D eigenvalue weighted by molar-refractivity contribution is -0.116. The van der Waals surface area contributed by atoms with Crippen LogP contribution in [-0.4, -0.2) is 27.6 Å². The van der Waals surface area contributed by atoms with Crippen LogP contribution in [0.15, 0.2) is 97.1 Å². The minimum atomic E-state index is -0.420. The van der Waals surface area contributed by atoms with Crippen molar-refractivity contribution in [2.75, 3.05) is 12.4 Å². The highest BCUT2D eigenvalue weighted by molar-refractivity contribution is 5.98. The molecule has 8 heteroatoms. The van der Waals surface area contributed by atoms with Crippen LogP contribution in [0.3, 0.4) is 0 Å². The molecule has 0 radical (unpaired) electrons. The second-order valence-corrected chi connectivity index (χ2v) is 8.98. The average Bonchev–Trinajstić information content (AvgIpc) is 3.31. The van der Waals surface area contributed by atoms with Crippen LogP contribution in [0, 0.1) is 11.6 Å². The van der Waals surface area contributed by atoms with Crippen molar-refractivity contribution >= 4 is 33.5 Å². The van der Waals surface area contributed by atoms with Crippen molar-refractivity contribution in [3.05, 3.63) is 109 Å². The number of anilines is 1. The second kappa shape index (κ2) is 9.98. The zero-order valence-electron chi connectivity index (χ0n) is 20.9. The summed E-state index contributed by atoms with van der Waals surface area (Å²) >= 11 is 0. The summed E-state index contributed by atoms with van der Waals surface area (Å²) < 4.78 is 35.2. The largest absolute Gasteiger partial charge is 0.495 e. The number of nitrogens with zero attached hydrogens (tertiary/aromatic N) is 3. The lowest BCUT2D eigenvalue weighted by Gasteiger charge is -2.14. The molecule has 0 aliphatic carbocycles. The molecular formula is C31H22F2N4O2. The van der Waals surface area contributed by atoms with Gasteiger partial charge in [0.15, 0.2) is 0 Å². The number of pyridine rings is 1. The number of rotatable bonds is 6. The Balaban J connectivity index is 1.51. The molecule has 0 bridgehead atoms. The number of hydrogen-bond donors (Lipinski definition) is 1. The van der Waals surface area contributed by atoms with Crippen LogP contribution in [0.4, 0.5) is 14.5 Å². The van der Waals surface area contributed by atoms with Crippen LogP contribution in [0.25, 0.3) is 44.6 Å². The van der Waals surface area contributed by atoms with Crippen LogP contribution in [0.2, 0.25) is 0 Å². The monoisotopic (exact) mass is 520 g/mol. The number of ether oxygens (including phenoxy) is 1. The van der Waals surface area contributed by atoms with E-state index in [1.165, 1.54) is 24.3 Å². The van der Waals surface area contributed by atoms with Gasteiger partial charge in [0.05, 0.1) is 35.0 Å². The van der Waals surface area contributed by atoms with E-state index in [1.54, 1.807) is 48.1 Å². The SMILES string of the molecule is COc1ccccc1NC(=O)Cn1c(-c2cc(-c3ccc(F)cc3)nc3ccc(F)cc23)nc2ccccc21. The van der Waals surface area contributed by atoms with Gasteiger partial charge in [0, 0.05) is 16.5 Å². The highest BCUT2D eigenvalue weighted by atomic mass is 19.1. The van der Waals surface area contributed by atoms with Crippen LogP contribution in [0.5, 0.6) is 5.75 Å². The van der Waals surface area contributed by atoms with Gasteiger partial charge < -0.3 is 14.6 Å². The predicted octanol–water partition coefficient (Wildman–Crippen LogP) is 6.84. The minimum absolute atomic E-state index is 0.0566. The number of benzene rings is 4. The predicted molar refractivity (Wildman–Crippen MR) is 147 cm³/mol. The van der Waals surface area contributed by atoms with Crippen molar-refractivity contribution in [2.45, 2.75) is 6.54 Å². The Morgan fingerprint density at radius 2 is 1.59 bits per heavy atom. The summed E-state index contributed by atoms with van der Waals surface area (Å²) in [4.78, 5) is 22.8. The molecule has 6 aromatic rings. The summed E-state index contributed by atoms with van der Waals surface area (Å²) in [6.45, 7) is -0.0566. The molecule has 6 rings (SSSR count). The number of aromatic nitrogens is 3. The van der Waals surface area contributed by atoms with E-state index in [2.05, 4.69) is 5.32 Å². The molecule has 1 amide bonds. The molecule has 2 heterocycles. The number of imidazole rings is 1. The minimum Gasteiger partial charge on any atom is -0.495 e. The molecule has 0 spiro atoms. The third kappa shape index (κ3) is 4.68. The van der Waals surface area contributed by atoms with E-state index in [-0.39, 0.29) is 18.3 Å². The van der Waals surface area contributed by atoms with Crippen LogP contribution in [0.1, 0.15) is 0 Å². The molecule has 4 aromatic carbocycles. The maximum Gasteiger partial charge on any atom is 0.244 e. The maximum absolute atomic E-state index is 14.5. The summed E-state index contributed by atoms with van der Waals surface area (Å²) in [6, 6.07) is 26.8. The lowest BCUT2D eigenvalue weighted by Crippen LogP contribution is -2.19. The molecule has 2 aromatic heterocycles. The van der Waals surface area contributed by atoms with Gasteiger partial charge in [-0.15, -0.1) is 0 Å². The Bertz CT molecular complexity index is 1850. The third-order valence-electron chi connectivity index (χ3n) is 6.49. The number of hydrogen-bond acceptors (Lipinski definition) is 4. The Morgan fingerprint density at radius 1 is 0.846 bits per heavy atom. The van der Waals surface area contributed by atoms with Crippen molar-refractivity contribution in [3.8, 4) is 28.4 Å². The zero-order valence-corrected chi connectivity index (χ0v) is 20.9. The van der Waals surface area contributed by atoms with E-state index >= 15 is 0 Å². The van der Waals surface area contributed by atoms with E-state index in [4.69, 9.17) is 14.7 Å². The molecular weight excluding hydrogens is 498 g/mol. The number of carbonyl (C=O) groups excluding carboxylic acids is 1. The van der Waals surface area contributed by atoms with Crippen molar-refractivity contribution in [2.24, 2.45) is 0 Å². The summed E-state index contributed by atoms with van der Waals surface area (Å²) in [7, 11) is 1.54. The number of methoxy groups -OCH3 is 1. The molecule has 6 nitrogen and oxygen atoms in total. The third-order valence-corrected chi connectivity index (χ3v) is 6.49. The molecule has 0 aliphatic rings. The fourth-order valence-corrected chi connectivity index (χ4v) is 4.67.